The number of hydrogen-bond acceptors (Lipinski definition) is 10. The number of nitrogens with zero attached hydrogens (tertiary/aromatic N) is 5. The standard InChI is InChI=1S/C16H20N6O.C6H8O7/c1-11-4-6-22(8-12(23)7-17)9-14(11)21(2)16-13-3-5-18-15(13)19-10-20-16;7-3(8)1-6(13,5(11)12)2-4(9)10/h3,5,10-11,14H,4,6,8-9H2,1-2H3,(H,18,19,20);13H,1-2H2,(H,7,8)(H,9,10)(H,11,12)/t11-,14+;/m1./s1. The molecule has 2 atom stereocenters. The van der Waals surface area contributed by atoms with E-state index in [1.165, 1.54) is 0 Å². The maximum absolute atomic E-state index is 11.4. The van der Waals surface area contributed by atoms with Gasteiger partial charge in [-0.25, -0.2) is 14.8 Å². The quantitative estimate of drug-likeness (QED) is 0.283. The SMILES string of the molecule is C[C@@H]1CCN(CC(=O)C#N)C[C@@H]1N(C)c1ncnc2[nH]ccc12.O=C(O)CC(O)(CC(=O)O)C(=O)O. The van der Waals surface area contributed by atoms with Crippen molar-refractivity contribution in [1.29, 1.82) is 5.26 Å². The lowest BCUT2D eigenvalue weighted by atomic mass is 9.92. The number of likely N-dealkylation sites (N-methyl/N-ethyl adjacent to an activating group) is 1. The fourth-order valence-electron chi connectivity index (χ4n) is 4.01. The first kappa shape index (κ1) is 28.1. The van der Waals surface area contributed by atoms with Crippen LogP contribution in [0.15, 0.2) is 18.6 Å². The third-order valence-electron chi connectivity index (χ3n) is 5.94. The summed E-state index contributed by atoms with van der Waals surface area (Å²) in [6, 6.07) is 3.92. The van der Waals surface area contributed by atoms with Crippen molar-refractivity contribution >= 4 is 40.5 Å². The number of likely N-dealkylation sites (tertiary alicyclic amines) is 1. The number of aliphatic hydroxyl groups is 1. The van der Waals surface area contributed by atoms with Crippen LogP contribution in [-0.4, -0.2) is 102 Å². The fourth-order valence-corrected chi connectivity index (χ4v) is 4.01. The fraction of sp³-hybridized carbons (Fsp3) is 0.500. The van der Waals surface area contributed by atoms with E-state index in [1.54, 1.807) is 12.4 Å². The Morgan fingerprint density at radius 1 is 1.22 bits per heavy atom. The molecule has 5 N–H and O–H groups in total. The number of piperidine rings is 1. The van der Waals surface area contributed by atoms with E-state index in [-0.39, 0.29) is 18.4 Å². The Balaban J connectivity index is 0.000000302. The second kappa shape index (κ2) is 12.0. The molecule has 0 bridgehead atoms. The monoisotopic (exact) mass is 504 g/mol. The number of anilines is 1. The Labute approximate surface area is 205 Å². The molecule has 36 heavy (non-hydrogen) atoms. The van der Waals surface area contributed by atoms with Crippen LogP contribution in [0.5, 0.6) is 0 Å². The van der Waals surface area contributed by atoms with Crippen molar-refractivity contribution in [3.8, 4) is 6.07 Å². The summed E-state index contributed by atoms with van der Waals surface area (Å²) in [4.78, 5) is 57.9. The van der Waals surface area contributed by atoms with Crippen LogP contribution in [0.3, 0.4) is 0 Å². The van der Waals surface area contributed by atoms with Crippen molar-refractivity contribution in [3.05, 3.63) is 18.6 Å². The first-order valence-corrected chi connectivity index (χ1v) is 10.9. The highest BCUT2D eigenvalue weighted by Gasteiger charge is 2.40. The van der Waals surface area contributed by atoms with E-state index in [2.05, 4.69) is 31.7 Å². The minimum Gasteiger partial charge on any atom is -0.481 e. The summed E-state index contributed by atoms with van der Waals surface area (Å²) in [5.74, 6) is -4.02. The van der Waals surface area contributed by atoms with Gasteiger partial charge in [-0.1, -0.05) is 6.92 Å². The number of carbonyl (C=O) groups excluding carboxylic acids is 1. The number of hydrogen-bond donors (Lipinski definition) is 5. The molecule has 194 valence electrons. The molecule has 0 radical (unpaired) electrons. The number of carboxylic acids is 3. The highest BCUT2D eigenvalue weighted by atomic mass is 16.4. The minimum atomic E-state index is -2.74. The normalized spacial score (nSPS) is 17.9. The molecule has 1 aliphatic rings. The lowest BCUT2D eigenvalue weighted by Crippen LogP contribution is -2.52. The maximum Gasteiger partial charge on any atom is 0.336 e. The Hall–Kier alpha value is -4.09. The second-order valence-corrected chi connectivity index (χ2v) is 8.63. The number of aromatic nitrogens is 3. The highest BCUT2D eigenvalue weighted by molar-refractivity contribution is 5.95. The molecule has 3 rings (SSSR count). The van der Waals surface area contributed by atoms with Gasteiger partial charge in [-0.2, -0.15) is 5.26 Å². The Bertz CT molecular complexity index is 1140. The lowest BCUT2D eigenvalue weighted by molar-refractivity contribution is -0.170. The topological polar surface area (TPSA) is 221 Å². The summed E-state index contributed by atoms with van der Waals surface area (Å²) < 4.78 is 0. The van der Waals surface area contributed by atoms with Crippen LogP contribution >= 0.6 is 0 Å². The molecule has 1 aliphatic heterocycles. The van der Waals surface area contributed by atoms with E-state index in [4.69, 9.17) is 25.7 Å². The molecule has 1 fully saturated rings. The summed E-state index contributed by atoms with van der Waals surface area (Å²) in [6.45, 7) is 4.03. The van der Waals surface area contributed by atoms with Crippen molar-refractivity contribution in [1.82, 2.24) is 19.9 Å². The molecule has 2 aromatic heterocycles. The van der Waals surface area contributed by atoms with Crippen molar-refractivity contribution in [3.63, 3.8) is 0 Å². The summed E-state index contributed by atoms with van der Waals surface area (Å²) in [5.41, 5.74) is -1.92. The molecule has 2 aromatic rings. The highest BCUT2D eigenvalue weighted by Crippen LogP contribution is 2.28. The number of ketones is 1. The smallest absolute Gasteiger partial charge is 0.336 e. The summed E-state index contributed by atoms with van der Waals surface area (Å²) in [5, 5.41) is 43.5. The van der Waals surface area contributed by atoms with Crippen molar-refractivity contribution in [2.75, 3.05) is 31.6 Å². The molecule has 3 heterocycles. The molecule has 14 nitrogen and oxygen atoms in total. The molecular weight excluding hydrogens is 476 g/mol. The number of aliphatic carboxylic acids is 3. The van der Waals surface area contributed by atoms with E-state index in [1.807, 2.05) is 19.3 Å². The molecule has 1 saturated heterocycles. The zero-order valence-corrected chi connectivity index (χ0v) is 19.8. The van der Waals surface area contributed by atoms with E-state index in [0.29, 0.717) is 5.92 Å². The lowest BCUT2D eigenvalue weighted by Gasteiger charge is -2.41. The number of H-pyrrole nitrogens is 1. The van der Waals surface area contributed by atoms with Crippen molar-refractivity contribution in [2.24, 2.45) is 5.92 Å². The zero-order valence-electron chi connectivity index (χ0n) is 19.8. The van der Waals surface area contributed by atoms with E-state index >= 15 is 0 Å². The van der Waals surface area contributed by atoms with Crippen molar-refractivity contribution in [2.45, 2.75) is 37.8 Å². The molecule has 0 aliphatic carbocycles. The summed E-state index contributed by atoms with van der Waals surface area (Å²) in [7, 11) is 2.03. The molecule has 14 heteroatoms. The predicted molar refractivity (Wildman–Crippen MR) is 124 cm³/mol. The van der Waals surface area contributed by atoms with Crippen LogP contribution in [0.2, 0.25) is 0 Å². The van der Waals surface area contributed by atoms with Crippen LogP contribution in [0.25, 0.3) is 11.0 Å². The molecule has 0 aromatic carbocycles. The van der Waals surface area contributed by atoms with Gasteiger partial charge in [-0.3, -0.25) is 19.3 Å². The molecule has 0 unspecified atom stereocenters. The zero-order chi connectivity index (χ0) is 27.0. The number of aromatic amines is 1. The number of carbonyl (C=O) groups is 4. The van der Waals surface area contributed by atoms with Gasteiger partial charge in [0.25, 0.3) is 0 Å². The third kappa shape index (κ3) is 7.20. The molecule has 0 saturated carbocycles. The number of Topliss-reactive ketones (excluding diaryl/α,β-unsaturated/α-hetero) is 1. The largest absolute Gasteiger partial charge is 0.481 e. The Kier molecular flexibility index (Phi) is 9.42. The average Bonchev–Trinajstić information content (AvgIpc) is 3.28. The van der Waals surface area contributed by atoms with Crippen LogP contribution < -0.4 is 4.90 Å². The molecule has 0 amide bonds. The molecule has 0 spiro atoms. The summed E-state index contributed by atoms with van der Waals surface area (Å²) in [6.07, 6.45) is 2.13. The number of carboxylic acid groups (broad SMARTS) is 3. The summed E-state index contributed by atoms with van der Waals surface area (Å²) >= 11 is 0. The average molecular weight is 505 g/mol. The van der Waals surface area contributed by atoms with E-state index in [0.717, 1.165) is 36.4 Å². The van der Waals surface area contributed by atoms with Gasteiger partial charge in [0.2, 0.25) is 5.78 Å². The maximum atomic E-state index is 11.4. The van der Waals surface area contributed by atoms with Crippen LogP contribution in [0, 0.1) is 17.2 Å². The van der Waals surface area contributed by atoms with Gasteiger partial charge >= 0.3 is 17.9 Å². The van der Waals surface area contributed by atoms with Crippen LogP contribution in [0.4, 0.5) is 5.82 Å². The number of nitrogens with one attached hydrogen (secondary N) is 1. The van der Waals surface area contributed by atoms with Gasteiger partial charge in [0, 0.05) is 25.8 Å². The van der Waals surface area contributed by atoms with Crippen LogP contribution in [0.1, 0.15) is 26.2 Å². The van der Waals surface area contributed by atoms with Gasteiger partial charge in [0.1, 0.15) is 23.9 Å². The van der Waals surface area contributed by atoms with E-state index < -0.39 is 36.4 Å². The van der Waals surface area contributed by atoms with Gasteiger partial charge in [-0.05, 0) is 24.9 Å². The van der Waals surface area contributed by atoms with Crippen LogP contribution in [-0.2, 0) is 19.2 Å². The van der Waals surface area contributed by atoms with Gasteiger partial charge in [0.15, 0.2) is 5.60 Å². The van der Waals surface area contributed by atoms with Crippen molar-refractivity contribution < 1.29 is 39.6 Å². The second-order valence-electron chi connectivity index (χ2n) is 8.63. The van der Waals surface area contributed by atoms with Gasteiger partial charge in [-0.15, -0.1) is 0 Å². The third-order valence-corrected chi connectivity index (χ3v) is 5.94. The molecular formula is C22H28N6O8. The Morgan fingerprint density at radius 3 is 2.42 bits per heavy atom. The van der Waals surface area contributed by atoms with Gasteiger partial charge in [0.05, 0.1) is 24.8 Å². The van der Waals surface area contributed by atoms with Gasteiger partial charge < -0.3 is 30.3 Å². The first-order valence-electron chi connectivity index (χ1n) is 10.9. The number of rotatable bonds is 9. The number of fused-ring (bicyclic) bond motifs is 1. The predicted octanol–water partition coefficient (Wildman–Crippen LogP) is -0.0513. The first-order chi connectivity index (χ1) is 16.9. The number of nitriles is 1. The minimum absolute atomic E-state index is 0.205. The van der Waals surface area contributed by atoms with E-state index in [9.17, 15) is 19.2 Å². The Morgan fingerprint density at radius 2 is 1.86 bits per heavy atom.